The van der Waals surface area contributed by atoms with Crippen LogP contribution in [0.1, 0.15) is 64.2 Å². The Labute approximate surface area is 92.8 Å². The molecule has 0 aliphatic heterocycles. The average molecular weight is 209 g/mol. The lowest BCUT2D eigenvalue weighted by Gasteiger charge is -2.28. The van der Waals surface area contributed by atoms with E-state index >= 15 is 0 Å². The Bertz CT molecular complexity index is 203. The van der Waals surface area contributed by atoms with Crippen LogP contribution >= 0.6 is 0 Å². The third-order valence-electron chi connectivity index (χ3n) is 3.93. The Kier molecular flexibility index (Phi) is 4.04. The van der Waals surface area contributed by atoms with E-state index in [1.807, 2.05) is 0 Å². The first-order chi connectivity index (χ1) is 7.36. The summed E-state index contributed by atoms with van der Waals surface area (Å²) in [4.78, 5) is 11.8. The van der Waals surface area contributed by atoms with Gasteiger partial charge in [0.2, 0.25) is 5.91 Å². The third kappa shape index (κ3) is 3.22. The van der Waals surface area contributed by atoms with Gasteiger partial charge in [-0.05, 0) is 25.7 Å². The highest BCUT2D eigenvalue weighted by Gasteiger charge is 2.26. The van der Waals surface area contributed by atoms with Gasteiger partial charge in [0.05, 0.1) is 0 Å². The minimum Gasteiger partial charge on any atom is -0.353 e. The first-order valence-electron chi connectivity index (χ1n) is 6.66. The maximum atomic E-state index is 11.8. The zero-order chi connectivity index (χ0) is 10.5. The molecule has 0 spiro atoms. The average Bonchev–Trinajstić information content (AvgIpc) is 2.06. The van der Waals surface area contributed by atoms with E-state index in [1.165, 1.54) is 51.4 Å². The first kappa shape index (κ1) is 11.0. The van der Waals surface area contributed by atoms with E-state index in [4.69, 9.17) is 0 Å². The molecule has 2 rings (SSSR count). The summed E-state index contributed by atoms with van der Waals surface area (Å²) in [7, 11) is 0. The molecule has 0 saturated heterocycles. The van der Waals surface area contributed by atoms with Crippen LogP contribution < -0.4 is 5.32 Å². The van der Waals surface area contributed by atoms with Crippen LogP contribution in [0.4, 0.5) is 0 Å². The summed E-state index contributed by atoms with van der Waals surface area (Å²) >= 11 is 0. The normalized spacial score (nSPS) is 25.1. The Morgan fingerprint density at radius 2 is 1.40 bits per heavy atom. The Morgan fingerprint density at radius 1 is 0.800 bits per heavy atom. The lowest BCUT2D eigenvalue weighted by atomic mass is 9.84. The van der Waals surface area contributed by atoms with Crippen LogP contribution in [0, 0.1) is 5.92 Å². The number of hydrogen-bond donors (Lipinski definition) is 1. The molecule has 2 heteroatoms. The molecule has 0 aromatic heterocycles. The molecule has 86 valence electrons. The first-order valence-corrected chi connectivity index (χ1v) is 6.66. The Balaban J connectivity index is 1.73. The molecule has 2 saturated carbocycles. The van der Waals surface area contributed by atoms with E-state index in [9.17, 15) is 4.79 Å². The highest BCUT2D eigenvalue weighted by atomic mass is 16.2. The lowest BCUT2D eigenvalue weighted by molar-refractivity contribution is -0.128. The van der Waals surface area contributed by atoms with Crippen LogP contribution in [0.2, 0.25) is 0 Å². The SMILES string of the molecule is O=C(NC1CCCCCCC1)C1CCC1. The second kappa shape index (κ2) is 5.53. The van der Waals surface area contributed by atoms with Crippen LogP contribution in [0.5, 0.6) is 0 Å². The Morgan fingerprint density at radius 3 is 1.93 bits per heavy atom. The van der Waals surface area contributed by atoms with Crippen LogP contribution in [0.15, 0.2) is 0 Å². The van der Waals surface area contributed by atoms with Gasteiger partial charge in [0.15, 0.2) is 0 Å². The molecule has 0 aromatic carbocycles. The molecule has 2 aliphatic carbocycles. The van der Waals surface area contributed by atoms with Gasteiger partial charge in [-0.15, -0.1) is 0 Å². The second-order valence-corrected chi connectivity index (χ2v) is 5.18. The van der Waals surface area contributed by atoms with E-state index in [0.717, 1.165) is 12.8 Å². The van der Waals surface area contributed by atoms with Gasteiger partial charge in [-0.1, -0.05) is 38.5 Å². The van der Waals surface area contributed by atoms with Gasteiger partial charge in [0, 0.05) is 12.0 Å². The van der Waals surface area contributed by atoms with Crippen molar-refractivity contribution in [1.82, 2.24) is 5.32 Å². The predicted octanol–water partition coefficient (Wildman–Crippen LogP) is 3.02. The lowest BCUT2D eigenvalue weighted by Crippen LogP contribution is -2.41. The number of amides is 1. The van der Waals surface area contributed by atoms with Gasteiger partial charge in [0.1, 0.15) is 0 Å². The van der Waals surface area contributed by atoms with E-state index in [1.54, 1.807) is 0 Å². The molecular formula is C13H23NO. The quantitative estimate of drug-likeness (QED) is 0.744. The van der Waals surface area contributed by atoms with Crippen LogP contribution in [-0.4, -0.2) is 11.9 Å². The van der Waals surface area contributed by atoms with E-state index in [0.29, 0.717) is 17.9 Å². The molecule has 0 atom stereocenters. The van der Waals surface area contributed by atoms with Crippen molar-refractivity contribution in [1.29, 1.82) is 0 Å². The van der Waals surface area contributed by atoms with Crippen molar-refractivity contribution in [2.75, 3.05) is 0 Å². The summed E-state index contributed by atoms with van der Waals surface area (Å²) in [6.07, 6.45) is 12.6. The Hall–Kier alpha value is -0.530. The van der Waals surface area contributed by atoms with Crippen molar-refractivity contribution in [3.63, 3.8) is 0 Å². The smallest absolute Gasteiger partial charge is 0.223 e. The zero-order valence-corrected chi connectivity index (χ0v) is 9.63. The van der Waals surface area contributed by atoms with Crippen molar-refractivity contribution in [3.05, 3.63) is 0 Å². The minimum atomic E-state index is 0.340. The van der Waals surface area contributed by atoms with Gasteiger partial charge in [-0.25, -0.2) is 0 Å². The van der Waals surface area contributed by atoms with Crippen molar-refractivity contribution < 1.29 is 4.79 Å². The van der Waals surface area contributed by atoms with Gasteiger partial charge >= 0.3 is 0 Å². The summed E-state index contributed by atoms with van der Waals surface area (Å²) in [5.74, 6) is 0.697. The van der Waals surface area contributed by atoms with Crippen molar-refractivity contribution >= 4 is 5.91 Å². The molecule has 1 N–H and O–H groups in total. The highest BCUT2D eigenvalue weighted by molar-refractivity contribution is 5.79. The minimum absolute atomic E-state index is 0.340. The van der Waals surface area contributed by atoms with E-state index in [-0.39, 0.29) is 0 Å². The third-order valence-corrected chi connectivity index (χ3v) is 3.93. The number of rotatable bonds is 2. The maximum absolute atomic E-state index is 11.8. The van der Waals surface area contributed by atoms with E-state index in [2.05, 4.69) is 5.32 Å². The summed E-state index contributed by atoms with van der Waals surface area (Å²) in [6, 6.07) is 0.485. The highest BCUT2D eigenvalue weighted by Crippen LogP contribution is 2.27. The number of carbonyl (C=O) groups excluding carboxylic acids is 1. The number of nitrogens with one attached hydrogen (secondary N) is 1. The zero-order valence-electron chi connectivity index (χ0n) is 9.63. The van der Waals surface area contributed by atoms with E-state index < -0.39 is 0 Å². The molecule has 0 unspecified atom stereocenters. The van der Waals surface area contributed by atoms with Crippen molar-refractivity contribution in [3.8, 4) is 0 Å². The summed E-state index contributed by atoms with van der Waals surface area (Å²) in [6.45, 7) is 0. The number of carbonyl (C=O) groups is 1. The van der Waals surface area contributed by atoms with Crippen molar-refractivity contribution in [2.45, 2.75) is 70.3 Å². The largest absolute Gasteiger partial charge is 0.353 e. The van der Waals surface area contributed by atoms with Gasteiger partial charge in [0.25, 0.3) is 0 Å². The topological polar surface area (TPSA) is 29.1 Å². The molecule has 0 bridgehead atoms. The molecule has 2 nitrogen and oxygen atoms in total. The molecule has 0 aromatic rings. The monoisotopic (exact) mass is 209 g/mol. The summed E-state index contributed by atoms with van der Waals surface area (Å²) < 4.78 is 0. The van der Waals surface area contributed by atoms with Crippen LogP contribution in [0.25, 0.3) is 0 Å². The van der Waals surface area contributed by atoms with Crippen LogP contribution in [0.3, 0.4) is 0 Å². The molecule has 2 fully saturated rings. The predicted molar refractivity (Wildman–Crippen MR) is 61.6 cm³/mol. The second-order valence-electron chi connectivity index (χ2n) is 5.18. The standard InChI is InChI=1S/C13H23NO/c15-13(11-7-6-8-11)14-12-9-4-2-1-3-5-10-12/h11-12H,1-10H2,(H,14,15). The molecule has 0 radical (unpaired) electrons. The molecule has 1 amide bonds. The molecular weight excluding hydrogens is 186 g/mol. The fourth-order valence-corrected chi connectivity index (χ4v) is 2.59. The number of hydrogen-bond acceptors (Lipinski definition) is 1. The van der Waals surface area contributed by atoms with Gasteiger partial charge in [-0.2, -0.15) is 0 Å². The summed E-state index contributed by atoms with van der Waals surface area (Å²) in [5, 5.41) is 3.25. The molecule has 15 heavy (non-hydrogen) atoms. The molecule has 0 heterocycles. The van der Waals surface area contributed by atoms with Crippen molar-refractivity contribution in [2.24, 2.45) is 5.92 Å². The maximum Gasteiger partial charge on any atom is 0.223 e. The van der Waals surface area contributed by atoms with Gasteiger partial charge < -0.3 is 5.32 Å². The fourth-order valence-electron chi connectivity index (χ4n) is 2.59. The van der Waals surface area contributed by atoms with Gasteiger partial charge in [-0.3, -0.25) is 4.79 Å². The van der Waals surface area contributed by atoms with Crippen LogP contribution in [-0.2, 0) is 4.79 Å². The summed E-state index contributed by atoms with van der Waals surface area (Å²) in [5.41, 5.74) is 0. The molecule has 2 aliphatic rings. The fraction of sp³-hybridized carbons (Fsp3) is 0.923.